The van der Waals surface area contributed by atoms with E-state index in [1.165, 1.54) is 82.6 Å². The van der Waals surface area contributed by atoms with Gasteiger partial charge < -0.3 is 5.73 Å². The first-order valence-electron chi connectivity index (χ1n) is 12.5. The molecule has 30 heavy (non-hydrogen) atoms. The van der Waals surface area contributed by atoms with Crippen LogP contribution in [0.15, 0.2) is 72.0 Å². The fourth-order valence-electron chi connectivity index (χ4n) is 3.10. The van der Waals surface area contributed by atoms with E-state index in [0.717, 1.165) is 18.5 Å². The number of nitrogens with two attached hydrogens (primary N) is 1. The first-order valence-corrected chi connectivity index (χ1v) is 12.5. The summed E-state index contributed by atoms with van der Waals surface area (Å²) in [6.45, 7) is 6.62. The molecule has 0 amide bonds. The van der Waals surface area contributed by atoms with E-state index in [1.807, 2.05) is 6.08 Å². The molecule has 0 aliphatic rings. The standard InChI is InChI=1S/C29H49N/c1-4-6-8-10-12-13-14-15-16-17-18-19-20-21-22-24-26-28(3)29(30)27-25-23-11-9-7-5-2/h10-16,23,25,27H,4-9,17-22,24,26,30H2,1-3H3/b12-10+,14-13+,16-15+,23-11+,27-25+,29-28+. The summed E-state index contributed by atoms with van der Waals surface area (Å²) >= 11 is 0. The van der Waals surface area contributed by atoms with E-state index in [1.54, 1.807) is 0 Å². The Morgan fingerprint density at radius 2 is 1.03 bits per heavy atom. The van der Waals surface area contributed by atoms with E-state index in [4.69, 9.17) is 5.73 Å². The van der Waals surface area contributed by atoms with E-state index < -0.39 is 0 Å². The maximum atomic E-state index is 6.17. The van der Waals surface area contributed by atoms with Crippen LogP contribution in [0.4, 0.5) is 0 Å². The molecular formula is C29H49N. The van der Waals surface area contributed by atoms with Crippen molar-refractivity contribution in [1.82, 2.24) is 0 Å². The molecule has 0 aromatic rings. The van der Waals surface area contributed by atoms with Gasteiger partial charge in [-0.15, -0.1) is 0 Å². The molecule has 0 fully saturated rings. The third kappa shape index (κ3) is 21.0. The zero-order valence-electron chi connectivity index (χ0n) is 20.3. The second-order valence-electron chi connectivity index (χ2n) is 8.21. The predicted octanol–water partition coefficient (Wildman–Crippen LogP) is 9.50. The Labute approximate surface area is 188 Å². The van der Waals surface area contributed by atoms with E-state index in [2.05, 4.69) is 75.5 Å². The van der Waals surface area contributed by atoms with Gasteiger partial charge in [0, 0.05) is 5.70 Å². The van der Waals surface area contributed by atoms with E-state index in [0.29, 0.717) is 0 Å². The number of unbranched alkanes of at least 4 members (excludes halogenated alkanes) is 10. The van der Waals surface area contributed by atoms with Crippen molar-refractivity contribution < 1.29 is 0 Å². The highest BCUT2D eigenvalue weighted by Gasteiger charge is 1.96. The van der Waals surface area contributed by atoms with E-state index in [-0.39, 0.29) is 0 Å². The molecule has 0 spiro atoms. The van der Waals surface area contributed by atoms with Crippen molar-refractivity contribution in [2.75, 3.05) is 0 Å². The van der Waals surface area contributed by atoms with Crippen LogP contribution in [0.3, 0.4) is 0 Å². The van der Waals surface area contributed by atoms with Gasteiger partial charge in [-0.3, -0.25) is 0 Å². The summed E-state index contributed by atoms with van der Waals surface area (Å²) in [5.41, 5.74) is 8.43. The molecule has 0 aromatic heterocycles. The SMILES string of the molecule is CCCC/C=C/C=C/C=C/CCCCCCCC\C(C)=C(N)/C=C/C=C/CCCC. The normalized spacial score (nSPS) is 13.7. The smallest absolute Gasteiger partial charge is 0.0303 e. The molecule has 1 nitrogen and oxygen atoms in total. The Morgan fingerprint density at radius 3 is 1.60 bits per heavy atom. The molecule has 0 radical (unpaired) electrons. The largest absolute Gasteiger partial charge is 0.399 e. The molecule has 0 unspecified atom stereocenters. The van der Waals surface area contributed by atoms with Gasteiger partial charge in [0.2, 0.25) is 0 Å². The zero-order chi connectivity index (χ0) is 22.1. The van der Waals surface area contributed by atoms with Crippen molar-refractivity contribution in [3.05, 3.63) is 72.0 Å². The Balaban J connectivity index is 3.64. The molecule has 0 aromatic carbocycles. The molecule has 2 N–H and O–H groups in total. The monoisotopic (exact) mass is 411 g/mol. The summed E-state index contributed by atoms with van der Waals surface area (Å²) in [6.07, 6.45) is 39.3. The van der Waals surface area contributed by atoms with Crippen molar-refractivity contribution in [1.29, 1.82) is 0 Å². The number of allylic oxidation sites excluding steroid dienone is 11. The first kappa shape index (κ1) is 28.2. The fraction of sp³-hybridized carbons (Fsp3) is 0.586. The van der Waals surface area contributed by atoms with Gasteiger partial charge in [0.15, 0.2) is 0 Å². The Morgan fingerprint density at radius 1 is 0.567 bits per heavy atom. The van der Waals surface area contributed by atoms with Crippen LogP contribution in [0.1, 0.15) is 111 Å². The molecule has 170 valence electrons. The molecule has 0 heterocycles. The van der Waals surface area contributed by atoms with Gasteiger partial charge in [0.05, 0.1) is 0 Å². The topological polar surface area (TPSA) is 26.0 Å². The van der Waals surface area contributed by atoms with E-state index >= 15 is 0 Å². The quantitative estimate of drug-likeness (QED) is 0.166. The van der Waals surface area contributed by atoms with Gasteiger partial charge in [0.1, 0.15) is 0 Å². The highest BCUT2D eigenvalue weighted by molar-refractivity contribution is 5.24. The van der Waals surface area contributed by atoms with Crippen molar-refractivity contribution in [2.24, 2.45) is 5.73 Å². The second kappa shape index (κ2) is 23.5. The molecular weight excluding hydrogens is 362 g/mol. The van der Waals surface area contributed by atoms with Gasteiger partial charge in [-0.2, -0.15) is 0 Å². The average Bonchev–Trinajstić information content (AvgIpc) is 2.75. The second-order valence-corrected chi connectivity index (χ2v) is 8.21. The fourth-order valence-corrected chi connectivity index (χ4v) is 3.10. The third-order valence-electron chi connectivity index (χ3n) is 5.24. The lowest BCUT2D eigenvalue weighted by Crippen LogP contribution is -1.97. The zero-order valence-corrected chi connectivity index (χ0v) is 20.3. The summed E-state index contributed by atoms with van der Waals surface area (Å²) in [6, 6.07) is 0. The van der Waals surface area contributed by atoms with Crippen molar-refractivity contribution in [2.45, 2.75) is 111 Å². The molecule has 0 saturated carbocycles. The first-order chi connectivity index (χ1) is 14.7. The lowest BCUT2D eigenvalue weighted by Gasteiger charge is -2.04. The van der Waals surface area contributed by atoms with Crippen LogP contribution in [0.25, 0.3) is 0 Å². The Bertz CT molecular complexity index is 543. The highest BCUT2D eigenvalue weighted by atomic mass is 14.6. The minimum atomic E-state index is 0.937. The minimum absolute atomic E-state index is 0.937. The van der Waals surface area contributed by atoms with Gasteiger partial charge in [-0.1, -0.05) is 125 Å². The molecule has 0 saturated heterocycles. The van der Waals surface area contributed by atoms with Gasteiger partial charge in [-0.05, 0) is 51.5 Å². The molecule has 0 bridgehead atoms. The summed E-state index contributed by atoms with van der Waals surface area (Å²) < 4.78 is 0. The van der Waals surface area contributed by atoms with Crippen LogP contribution < -0.4 is 5.73 Å². The molecule has 0 atom stereocenters. The molecule has 0 aliphatic heterocycles. The van der Waals surface area contributed by atoms with Crippen LogP contribution in [0.5, 0.6) is 0 Å². The lowest BCUT2D eigenvalue weighted by atomic mass is 10.0. The summed E-state index contributed by atoms with van der Waals surface area (Å²) in [5, 5.41) is 0. The van der Waals surface area contributed by atoms with Crippen LogP contribution >= 0.6 is 0 Å². The van der Waals surface area contributed by atoms with Crippen molar-refractivity contribution in [3.8, 4) is 0 Å². The Hall–Kier alpha value is -1.76. The van der Waals surface area contributed by atoms with Gasteiger partial charge in [0.25, 0.3) is 0 Å². The molecule has 1 heteroatoms. The molecule has 0 aliphatic carbocycles. The number of hydrogen-bond acceptors (Lipinski definition) is 1. The number of hydrogen-bond donors (Lipinski definition) is 1. The van der Waals surface area contributed by atoms with Crippen molar-refractivity contribution >= 4 is 0 Å². The van der Waals surface area contributed by atoms with Gasteiger partial charge in [-0.25, -0.2) is 0 Å². The third-order valence-corrected chi connectivity index (χ3v) is 5.24. The maximum absolute atomic E-state index is 6.17. The van der Waals surface area contributed by atoms with Gasteiger partial charge >= 0.3 is 0 Å². The van der Waals surface area contributed by atoms with E-state index in [9.17, 15) is 0 Å². The lowest BCUT2D eigenvalue weighted by molar-refractivity contribution is 0.595. The predicted molar refractivity (Wildman–Crippen MR) is 139 cm³/mol. The molecule has 0 rings (SSSR count). The highest BCUT2D eigenvalue weighted by Crippen LogP contribution is 2.14. The van der Waals surface area contributed by atoms with Crippen molar-refractivity contribution in [3.63, 3.8) is 0 Å². The van der Waals surface area contributed by atoms with Crippen LogP contribution in [0.2, 0.25) is 0 Å². The summed E-state index contributed by atoms with van der Waals surface area (Å²) in [4.78, 5) is 0. The summed E-state index contributed by atoms with van der Waals surface area (Å²) in [5.74, 6) is 0. The minimum Gasteiger partial charge on any atom is -0.399 e. The Kier molecular flexibility index (Phi) is 22.1. The van der Waals surface area contributed by atoms with Crippen LogP contribution in [-0.4, -0.2) is 0 Å². The maximum Gasteiger partial charge on any atom is 0.0303 e. The number of rotatable bonds is 19. The summed E-state index contributed by atoms with van der Waals surface area (Å²) in [7, 11) is 0. The van der Waals surface area contributed by atoms with Crippen LogP contribution in [0, 0.1) is 0 Å². The average molecular weight is 412 g/mol. The van der Waals surface area contributed by atoms with Crippen LogP contribution in [-0.2, 0) is 0 Å².